The van der Waals surface area contributed by atoms with Gasteiger partial charge in [0.05, 0.1) is 23.1 Å². The molecule has 4 nitrogen and oxygen atoms in total. The predicted molar refractivity (Wildman–Crippen MR) is 65.0 cm³/mol. The molecule has 1 aliphatic heterocycles. The van der Waals surface area contributed by atoms with Gasteiger partial charge in [-0.3, -0.25) is 0 Å². The molecule has 6 heteroatoms. The summed E-state index contributed by atoms with van der Waals surface area (Å²) < 4.78 is 35.6. The van der Waals surface area contributed by atoms with E-state index in [0.29, 0.717) is 24.1 Å². The monoisotopic (exact) mass is 268 g/mol. The van der Waals surface area contributed by atoms with Crippen molar-refractivity contribution >= 4 is 9.84 Å². The van der Waals surface area contributed by atoms with Gasteiger partial charge in [0.25, 0.3) is 0 Å². The molecule has 0 bridgehead atoms. The largest absolute Gasteiger partial charge is 0.309 e. The fraction of sp³-hybridized carbons (Fsp3) is 0.417. The number of nitrogens with zero attached hydrogens (tertiary/aromatic N) is 1. The fourth-order valence-electron chi connectivity index (χ4n) is 2.03. The zero-order valence-electron chi connectivity index (χ0n) is 9.69. The van der Waals surface area contributed by atoms with Crippen LogP contribution in [0.15, 0.2) is 18.2 Å². The van der Waals surface area contributed by atoms with Crippen molar-refractivity contribution in [2.24, 2.45) is 0 Å². The Kier molecular flexibility index (Phi) is 3.64. The van der Waals surface area contributed by atoms with Crippen molar-refractivity contribution in [3.05, 3.63) is 35.1 Å². The molecular formula is C12H13FN2O2S. The minimum atomic E-state index is -2.93. The SMILES string of the molecule is N#Cc1ccc(F)cc1CNC1CCS(=O)(=O)C1. The molecule has 0 saturated carbocycles. The van der Waals surface area contributed by atoms with Crippen LogP contribution in [0.5, 0.6) is 0 Å². The van der Waals surface area contributed by atoms with Gasteiger partial charge in [0.2, 0.25) is 0 Å². The molecule has 1 heterocycles. The van der Waals surface area contributed by atoms with Gasteiger partial charge in [-0.05, 0) is 30.2 Å². The lowest BCUT2D eigenvalue weighted by molar-refractivity contribution is 0.550. The summed E-state index contributed by atoms with van der Waals surface area (Å²) in [6, 6.07) is 5.85. The van der Waals surface area contributed by atoms with Crippen molar-refractivity contribution in [1.29, 1.82) is 5.26 Å². The van der Waals surface area contributed by atoms with Crippen LogP contribution in [0.25, 0.3) is 0 Å². The zero-order valence-corrected chi connectivity index (χ0v) is 10.5. The maximum Gasteiger partial charge on any atom is 0.151 e. The number of nitriles is 1. The molecule has 0 aliphatic carbocycles. The Morgan fingerprint density at radius 3 is 2.89 bits per heavy atom. The maximum atomic E-state index is 13.1. The highest BCUT2D eigenvalue weighted by molar-refractivity contribution is 7.91. The van der Waals surface area contributed by atoms with Gasteiger partial charge in [0.1, 0.15) is 5.82 Å². The van der Waals surface area contributed by atoms with Crippen molar-refractivity contribution < 1.29 is 12.8 Å². The Labute approximate surface area is 105 Å². The first-order chi connectivity index (χ1) is 8.50. The van der Waals surface area contributed by atoms with Crippen LogP contribution in [-0.4, -0.2) is 26.0 Å². The zero-order chi connectivity index (χ0) is 13.2. The van der Waals surface area contributed by atoms with Crippen LogP contribution in [0.1, 0.15) is 17.5 Å². The summed E-state index contributed by atoms with van der Waals surface area (Å²) in [7, 11) is -2.93. The minimum Gasteiger partial charge on any atom is -0.309 e. The molecule has 0 aromatic heterocycles. The molecule has 2 rings (SSSR count). The lowest BCUT2D eigenvalue weighted by Gasteiger charge is -2.11. The standard InChI is InChI=1S/C12H13FN2O2S/c13-11-2-1-9(6-14)10(5-11)7-15-12-3-4-18(16,17)8-12/h1-2,5,12,15H,3-4,7-8H2. The van der Waals surface area contributed by atoms with E-state index in [1.165, 1.54) is 18.2 Å². The van der Waals surface area contributed by atoms with E-state index < -0.39 is 15.7 Å². The topological polar surface area (TPSA) is 70.0 Å². The van der Waals surface area contributed by atoms with E-state index in [1.54, 1.807) is 0 Å². The fourth-order valence-corrected chi connectivity index (χ4v) is 3.74. The molecule has 0 radical (unpaired) electrons. The van der Waals surface area contributed by atoms with E-state index in [4.69, 9.17) is 5.26 Å². The van der Waals surface area contributed by atoms with Crippen LogP contribution in [0, 0.1) is 17.1 Å². The molecule has 1 N–H and O–H groups in total. The first-order valence-electron chi connectivity index (χ1n) is 5.62. The molecule has 1 atom stereocenters. The Hall–Kier alpha value is -1.45. The van der Waals surface area contributed by atoms with Gasteiger partial charge in [-0.15, -0.1) is 0 Å². The average molecular weight is 268 g/mol. The quantitative estimate of drug-likeness (QED) is 0.887. The second kappa shape index (κ2) is 5.04. The summed E-state index contributed by atoms with van der Waals surface area (Å²) in [4.78, 5) is 0. The van der Waals surface area contributed by atoms with Gasteiger partial charge < -0.3 is 5.32 Å². The Morgan fingerprint density at radius 2 is 2.28 bits per heavy atom. The average Bonchev–Trinajstić information content (AvgIpc) is 2.66. The predicted octanol–water partition coefficient (Wildman–Crippen LogP) is 0.974. The van der Waals surface area contributed by atoms with Crippen LogP contribution in [0.4, 0.5) is 4.39 Å². The molecular weight excluding hydrogens is 255 g/mol. The third-order valence-corrected chi connectivity index (χ3v) is 4.77. The summed E-state index contributed by atoms with van der Waals surface area (Å²) in [6.45, 7) is 0.306. The second-order valence-corrected chi connectivity index (χ2v) is 6.62. The first kappa shape index (κ1) is 13.0. The maximum absolute atomic E-state index is 13.1. The number of nitrogens with one attached hydrogen (secondary N) is 1. The van der Waals surface area contributed by atoms with E-state index >= 15 is 0 Å². The normalized spacial score (nSPS) is 21.7. The van der Waals surface area contributed by atoms with E-state index in [1.807, 2.05) is 6.07 Å². The molecule has 18 heavy (non-hydrogen) atoms. The number of hydrogen-bond acceptors (Lipinski definition) is 4. The molecule has 1 fully saturated rings. The summed E-state index contributed by atoms with van der Waals surface area (Å²) in [6.07, 6.45) is 0.569. The van der Waals surface area contributed by atoms with Crippen LogP contribution < -0.4 is 5.32 Å². The highest BCUT2D eigenvalue weighted by atomic mass is 32.2. The molecule has 0 spiro atoms. The molecule has 96 valence electrons. The molecule has 1 aliphatic rings. The van der Waals surface area contributed by atoms with Crippen molar-refractivity contribution in [3.63, 3.8) is 0 Å². The van der Waals surface area contributed by atoms with E-state index in [9.17, 15) is 12.8 Å². The molecule has 1 saturated heterocycles. The highest BCUT2D eigenvalue weighted by Gasteiger charge is 2.27. The Balaban J connectivity index is 2.03. The molecule has 1 aromatic rings. The van der Waals surface area contributed by atoms with Crippen molar-refractivity contribution in [1.82, 2.24) is 5.32 Å². The summed E-state index contributed by atoms with van der Waals surface area (Å²) in [5.41, 5.74) is 0.964. The summed E-state index contributed by atoms with van der Waals surface area (Å²) in [5, 5.41) is 11.9. The van der Waals surface area contributed by atoms with Gasteiger partial charge >= 0.3 is 0 Å². The smallest absolute Gasteiger partial charge is 0.151 e. The number of benzene rings is 1. The third kappa shape index (κ3) is 3.06. The van der Waals surface area contributed by atoms with Crippen LogP contribution >= 0.6 is 0 Å². The van der Waals surface area contributed by atoms with Gasteiger partial charge in [-0.1, -0.05) is 0 Å². The lowest BCUT2D eigenvalue weighted by Crippen LogP contribution is -2.29. The summed E-state index contributed by atoms with van der Waals surface area (Å²) >= 11 is 0. The number of hydrogen-bond donors (Lipinski definition) is 1. The molecule has 0 amide bonds. The van der Waals surface area contributed by atoms with Crippen LogP contribution in [0.3, 0.4) is 0 Å². The van der Waals surface area contributed by atoms with Crippen LogP contribution in [0.2, 0.25) is 0 Å². The van der Waals surface area contributed by atoms with Crippen molar-refractivity contribution in [3.8, 4) is 6.07 Å². The highest BCUT2D eigenvalue weighted by Crippen LogP contribution is 2.14. The molecule has 1 unspecified atom stereocenters. The Morgan fingerprint density at radius 1 is 1.50 bits per heavy atom. The summed E-state index contributed by atoms with van der Waals surface area (Å²) in [5.74, 6) is -0.0896. The van der Waals surface area contributed by atoms with E-state index in [0.717, 1.165) is 0 Å². The van der Waals surface area contributed by atoms with Crippen LogP contribution in [-0.2, 0) is 16.4 Å². The lowest BCUT2D eigenvalue weighted by atomic mass is 10.1. The first-order valence-corrected chi connectivity index (χ1v) is 7.44. The van der Waals surface area contributed by atoms with Gasteiger partial charge in [0.15, 0.2) is 9.84 Å². The van der Waals surface area contributed by atoms with E-state index in [2.05, 4.69) is 5.32 Å². The van der Waals surface area contributed by atoms with Crippen molar-refractivity contribution in [2.75, 3.05) is 11.5 Å². The second-order valence-electron chi connectivity index (χ2n) is 4.39. The molecule has 1 aromatic carbocycles. The van der Waals surface area contributed by atoms with Gasteiger partial charge in [-0.2, -0.15) is 5.26 Å². The Bertz CT molecular complexity index is 593. The van der Waals surface area contributed by atoms with Crippen molar-refractivity contribution in [2.45, 2.75) is 19.0 Å². The van der Waals surface area contributed by atoms with E-state index in [-0.39, 0.29) is 17.5 Å². The number of rotatable bonds is 3. The van der Waals surface area contributed by atoms with Gasteiger partial charge in [0, 0.05) is 12.6 Å². The third-order valence-electron chi connectivity index (χ3n) is 3.00. The minimum absolute atomic E-state index is 0.107. The number of sulfone groups is 1. The van der Waals surface area contributed by atoms with Gasteiger partial charge in [-0.25, -0.2) is 12.8 Å². The number of halogens is 1.